The standard InChI is InChI=1S/C19H20N2O8S/c1-2-29-18(28)19(17(26)27)8-21-14(23)12(15(21)30-9-19)20-13(22)11(16(24)25)10-6-4-3-5-7-10/h3-7,11-12,15H,2,8-9H2,1H3,(H,20,22)(H,24,25)(H,26,27)/t11?,12?,15-,19?/m1/s1. The molecule has 1 aromatic carbocycles. The number of hydrogen-bond donors (Lipinski definition) is 3. The summed E-state index contributed by atoms with van der Waals surface area (Å²) >= 11 is 1.03. The molecular weight excluding hydrogens is 416 g/mol. The monoisotopic (exact) mass is 436 g/mol. The van der Waals surface area contributed by atoms with E-state index >= 15 is 0 Å². The van der Waals surface area contributed by atoms with Gasteiger partial charge in [-0.2, -0.15) is 0 Å². The molecule has 11 heteroatoms. The minimum Gasteiger partial charge on any atom is -0.480 e. The van der Waals surface area contributed by atoms with E-state index in [0.717, 1.165) is 11.8 Å². The van der Waals surface area contributed by atoms with Crippen molar-refractivity contribution >= 4 is 41.5 Å². The molecule has 3 N–H and O–H groups in total. The smallest absolute Gasteiger partial charge is 0.326 e. The summed E-state index contributed by atoms with van der Waals surface area (Å²) in [6, 6.07) is 6.90. The number of aliphatic carboxylic acids is 2. The highest BCUT2D eigenvalue weighted by molar-refractivity contribution is 8.00. The fourth-order valence-electron chi connectivity index (χ4n) is 3.47. The first-order valence-electron chi connectivity index (χ1n) is 9.13. The Balaban J connectivity index is 1.73. The van der Waals surface area contributed by atoms with E-state index in [1.54, 1.807) is 25.1 Å². The van der Waals surface area contributed by atoms with Crippen molar-refractivity contribution in [1.82, 2.24) is 10.2 Å². The molecule has 2 aliphatic heterocycles. The molecule has 3 rings (SSSR count). The van der Waals surface area contributed by atoms with Crippen molar-refractivity contribution in [3.63, 3.8) is 0 Å². The Bertz CT molecular complexity index is 892. The Morgan fingerprint density at radius 1 is 1.27 bits per heavy atom. The number of hydrogen-bond acceptors (Lipinski definition) is 7. The van der Waals surface area contributed by atoms with Crippen LogP contribution in [0.15, 0.2) is 30.3 Å². The van der Waals surface area contributed by atoms with Crippen molar-refractivity contribution in [1.29, 1.82) is 0 Å². The zero-order chi connectivity index (χ0) is 22.1. The predicted octanol–water partition coefficient (Wildman–Crippen LogP) is -0.111. The molecule has 0 bridgehead atoms. The number of β-lactam (4-membered cyclic amide) rings is 1. The normalized spacial score (nSPS) is 26.0. The zero-order valence-electron chi connectivity index (χ0n) is 15.9. The predicted molar refractivity (Wildman–Crippen MR) is 103 cm³/mol. The number of fused-ring (bicyclic) bond motifs is 1. The summed E-state index contributed by atoms with van der Waals surface area (Å²) in [5, 5.41) is 20.9. The molecule has 3 unspecified atom stereocenters. The molecule has 0 spiro atoms. The van der Waals surface area contributed by atoms with Gasteiger partial charge in [0.15, 0.2) is 11.3 Å². The average Bonchev–Trinajstić information content (AvgIpc) is 2.72. The molecule has 0 aromatic heterocycles. The zero-order valence-corrected chi connectivity index (χ0v) is 16.8. The van der Waals surface area contributed by atoms with Gasteiger partial charge >= 0.3 is 17.9 Å². The van der Waals surface area contributed by atoms with Gasteiger partial charge in [0.05, 0.1) is 6.61 Å². The number of amides is 2. The first-order valence-corrected chi connectivity index (χ1v) is 10.2. The third-order valence-electron chi connectivity index (χ3n) is 5.10. The number of nitrogens with zero attached hydrogens (tertiary/aromatic N) is 1. The van der Waals surface area contributed by atoms with Gasteiger partial charge < -0.3 is 25.2 Å². The van der Waals surface area contributed by atoms with E-state index in [2.05, 4.69) is 5.32 Å². The lowest BCUT2D eigenvalue weighted by Gasteiger charge is -2.53. The van der Waals surface area contributed by atoms with E-state index in [1.165, 1.54) is 17.0 Å². The SMILES string of the molecule is CCOC(=O)C1(C(=O)O)CS[C@@H]2C(NC(=O)C(C(=O)O)c3ccccc3)C(=O)N2C1. The molecular formula is C19H20N2O8S. The molecule has 160 valence electrons. The fourth-order valence-corrected chi connectivity index (χ4v) is 5.00. The maximum atomic E-state index is 12.6. The molecule has 2 aliphatic rings. The van der Waals surface area contributed by atoms with Crippen molar-refractivity contribution in [2.45, 2.75) is 24.3 Å². The number of carbonyl (C=O) groups excluding carboxylic acids is 3. The van der Waals surface area contributed by atoms with Gasteiger partial charge in [-0.3, -0.25) is 24.0 Å². The van der Waals surface area contributed by atoms with Crippen LogP contribution in [0.5, 0.6) is 0 Å². The molecule has 0 saturated carbocycles. The van der Waals surface area contributed by atoms with Crippen LogP contribution in [0.2, 0.25) is 0 Å². The van der Waals surface area contributed by atoms with Crippen LogP contribution in [-0.2, 0) is 28.7 Å². The maximum Gasteiger partial charge on any atom is 0.326 e. The molecule has 2 saturated heterocycles. The van der Waals surface area contributed by atoms with Crippen LogP contribution in [0.1, 0.15) is 18.4 Å². The second-order valence-electron chi connectivity index (χ2n) is 6.94. The quantitative estimate of drug-likeness (QED) is 0.302. The molecule has 0 radical (unpaired) electrons. The molecule has 2 amide bonds. The third kappa shape index (κ3) is 3.60. The summed E-state index contributed by atoms with van der Waals surface area (Å²) in [7, 11) is 0. The van der Waals surface area contributed by atoms with E-state index in [0.29, 0.717) is 0 Å². The molecule has 1 aromatic rings. The lowest BCUT2D eigenvalue weighted by molar-refractivity contribution is -0.173. The lowest BCUT2D eigenvalue weighted by atomic mass is 9.87. The van der Waals surface area contributed by atoms with Gasteiger partial charge in [-0.15, -0.1) is 11.8 Å². The Labute approximate surface area is 175 Å². The number of carbonyl (C=O) groups is 5. The highest BCUT2D eigenvalue weighted by Crippen LogP contribution is 2.43. The fraction of sp³-hybridized carbons (Fsp3) is 0.421. The van der Waals surface area contributed by atoms with Crippen molar-refractivity contribution in [3.8, 4) is 0 Å². The van der Waals surface area contributed by atoms with E-state index in [4.69, 9.17) is 4.74 Å². The van der Waals surface area contributed by atoms with Crippen molar-refractivity contribution in [2.24, 2.45) is 5.41 Å². The molecule has 4 atom stereocenters. The van der Waals surface area contributed by atoms with Crippen LogP contribution in [0.4, 0.5) is 0 Å². The number of carboxylic acid groups (broad SMARTS) is 2. The number of ether oxygens (including phenoxy) is 1. The highest BCUT2D eigenvalue weighted by atomic mass is 32.2. The molecule has 0 aliphatic carbocycles. The van der Waals surface area contributed by atoms with E-state index in [-0.39, 0.29) is 24.5 Å². The number of carboxylic acids is 2. The Kier molecular flexibility index (Phi) is 6.01. The molecule has 2 heterocycles. The molecule has 30 heavy (non-hydrogen) atoms. The van der Waals surface area contributed by atoms with Crippen LogP contribution < -0.4 is 5.32 Å². The second-order valence-corrected chi connectivity index (χ2v) is 8.05. The summed E-state index contributed by atoms with van der Waals surface area (Å²) in [4.78, 5) is 62.0. The van der Waals surface area contributed by atoms with Gasteiger partial charge in [-0.1, -0.05) is 30.3 Å². The number of esters is 1. The minimum absolute atomic E-state index is 0.00461. The summed E-state index contributed by atoms with van der Waals surface area (Å²) in [6.45, 7) is 1.19. The van der Waals surface area contributed by atoms with E-state index in [9.17, 15) is 34.2 Å². The topological polar surface area (TPSA) is 150 Å². The van der Waals surface area contributed by atoms with Crippen LogP contribution >= 0.6 is 11.8 Å². The van der Waals surface area contributed by atoms with Gasteiger partial charge in [-0.05, 0) is 12.5 Å². The van der Waals surface area contributed by atoms with E-state index < -0.39 is 52.5 Å². The number of rotatable bonds is 7. The number of thioether (sulfide) groups is 1. The first-order chi connectivity index (χ1) is 14.2. The summed E-state index contributed by atoms with van der Waals surface area (Å²) in [5.74, 6) is -6.70. The minimum atomic E-state index is -1.88. The van der Waals surface area contributed by atoms with E-state index in [1.807, 2.05) is 0 Å². The number of nitrogens with one attached hydrogen (secondary N) is 1. The highest BCUT2D eigenvalue weighted by Gasteiger charge is 2.61. The van der Waals surface area contributed by atoms with Crippen LogP contribution in [-0.4, -0.2) is 75.2 Å². The summed E-state index contributed by atoms with van der Waals surface area (Å²) in [6.07, 6.45) is 0. The van der Waals surface area contributed by atoms with Crippen LogP contribution in [0, 0.1) is 5.41 Å². The Morgan fingerprint density at radius 2 is 1.93 bits per heavy atom. The Hall–Kier alpha value is -3.08. The second kappa shape index (κ2) is 8.34. The summed E-state index contributed by atoms with van der Waals surface area (Å²) in [5.41, 5.74) is -1.61. The number of benzene rings is 1. The maximum absolute atomic E-state index is 12.6. The van der Waals surface area contributed by atoms with Crippen LogP contribution in [0.25, 0.3) is 0 Å². The molecule has 10 nitrogen and oxygen atoms in total. The first kappa shape index (κ1) is 21.6. The average molecular weight is 436 g/mol. The van der Waals surface area contributed by atoms with Gasteiger partial charge in [0, 0.05) is 12.3 Å². The largest absolute Gasteiger partial charge is 0.480 e. The van der Waals surface area contributed by atoms with Crippen molar-refractivity contribution in [2.75, 3.05) is 18.9 Å². The van der Waals surface area contributed by atoms with Crippen molar-refractivity contribution in [3.05, 3.63) is 35.9 Å². The Morgan fingerprint density at radius 3 is 2.50 bits per heavy atom. The summed E-state index contributed by atoms with van der Waals surface area (Å²) < 4.78 is 4.88. The van der Waals surface area contributed by atoms with Crippen molar-refractivity contribution < 1.29 is 38.9 Å². The third-order valence-corrected chi connectivity index (χ3v) is 6.63. The van der Waals surface area contributed by atoms with Gasteiger partial charge in [-0.25, -0.2) is 0 Å². The lowest BCUT2D eigenvalue weighted by Crippen LogP contribution is -2.74. The van der Waals surface area contributed by atoms with Gasteiger partial charge in [0.1, 0.15) is 11.4 Å². The van der Waals surface area contributed by atoms with Gasteiger partial charge in [0.25, 0.3) is 0 Å². The molecule has 2 fully saturated rings. The van der Waals surface area contributed by atoms with Crippen LogP contribution in [0.3, 0.4) is 0 Å². The van der Waals surface area contributed by atoms with Gasteiger partial charge in [0.2, 0.25) is 11.8 Å².